The van der Waals surface area contributed by atoms with Gasteiger partial charge in [0.15, 0.2) is 18.0 Å². The first-order valence-electron chi connectivity index (χ1n) is 17.3. The fourth-order valence-electron chi connectivity index (χ4n) is 8.90. The number of benzene rings is 2. The molecule has 13 heteroatoms. The Hall–Kier alpha value is -4.59. The monoisotopic (exact) mass is 720 g/mol. The summed E-state index contributed by atoms with van der Waals surface area (Å²) < 4.78 is 35.8. The molecule has 3 fully saturated rings. The van der Waals surface area contributed by atoms with Crippen molar-refractivity contribution in [1.29, 1.82) is 0 Å². The molecule has 52 heavy (non-hydrogen) atoms. The summed E-state index contributed by atoms with van der Waals surface area (Å²) in [6.07, 6.45) is -5.90. The number of carbonyl (C=O) groups is 5. The van der Waals surface area contributed by atoms with Crippen LogP contribution in [0, 0.1) is 22.7 Å². The zero-order chi connectivity index (χ0) is 37.8. The van der Waals surface area contributed by atoms with Gasteiger partial charge in [0.2, 0.25) is 5.78 Å². The van der Waals surface area contributed by atoms with Gasteiger partial charge in [-0.05, 0) is 36.8 Å². The van der Waals surface area contributed by atoms with E-state index in [1.165, 1.54) is 26.0 Å². The quantitative estimate of drug-likeness (QED) is 0.299. The van der Waals surface area contributed by atoms with E-state index in [0.29, 0.717) is 5.75 Å². The number of ketones is 1. The molecule has 1 unspecified atom stereocenters. The standard InChI is InChI=1S/C39H44O13/c1-21-26(42)18-39(46)34(51-35(45)24-13-9-7-10-14-24)32-37(6,33(44)31(49-22(2)40)30(21)36(39,4)5)27(17-28-38(32,20-48-28)52-23(3)41)50-29(43)19-47-25-15-11-8-12-16-25/h7-16,21,26-28,32,34,42,46H,17-20H2,1-6H3/t21?,26-,27-,28+,32-,34-,37+,38-,39+/m0/s1. The summed E-state index contributed by atoms with van der Waals surface area (Å²) >= 11 is 0. The lowest BCUT2D eigenvalue weighted by Crippen LogP contribution is -2.81. The second kappa shape index (κ2) is 13.4. The smallest absolute Gasteiger partial charge is 0.344 e. The fourth-order valence-corrected chi connectivity index (χ4v) is 8.90. The number of hydrogen-bond acceptors (Lipinski definition) is 13. The third kappa shape index (κ3) is 5.88. The summed E-state index contributed by atoms with van der Waals surface area (Å²) in [6.45, 7) is 7.81. The molecule has 278 valence electrons. The molecule has 3 aliphatic carbocycles. The van der Waals surface area contributed by atoms with E-state index in [9.17, 15) is 29.4 Å². The Morgan fingerprint density at radius 1 is 0.923 bits per heavy atom. The lowest BCUT2D eigenvalue weighted by molar-refractivity contribution is -0.346. The SMILES string of the molecule is CC(=O)OC1=C2C(C)[C@@H](O)C[C@@](O)([C@@H](OC(=O)c3ccccc3)[C@@H]3[C@]4(OC(C)=O)CO[C@@H]4C[C@H](OC(=O)COc4ccccc4)[C@@]3(C)C1=O)C2(C)C. The largest absolute Gasteiger partial charge is 0.482 e. The highest BCUT2D eigenvalue weighted by molar-refractivity contribution is 6.02. The van der Waals surface area contributed by atoms with Crippen molar-refractivity contribution in [2.45, 2.75) is 90.0 Å². The zero-order valence-corrected chi connectivity index (χ0v) is 30.0. The number of aliphatic hydroxyl groups is 2. The second-order valence-electron chi connectivity index (χ2n) is 14.9. The first-order valence-corrected chi connectivity index (χ1v) is 17.3. The highest BCUT2D eigenvalue weighted by atomic mass is 16.6. The Bertz CT molecular complexity index is 1790. The molecule has 4 aliphatic rings. The van der Waals surface area contributed by atoms with Crippen LogP contribution in [0.5, 0.6) is 5.75 Å². The van der Waals surface area contributed by atoms with E-state index in [1.807, 2.05) is 0 Å². The summed E-state index contributed by atoms with van der Waals surface area (Å²) in [5.41, 5.74) is -7.20. The molecule has 2 aromatic rings. The number of hydrogen-bond donors (Lipinski definition) is 2. The zero-order valence-electron chi connectivity index (χ0n) is 30.0. The predicted molar refractivity (Wildman–Crippen MR) is 180 cm³/mol. The molecule has 0 aromatic heterocycles. The molecule has 0 amide bonds. The number of ether oxygens (including phenoxy) is 6. The molecule has 2 N–H and O–H groups in total. The molecule has 2 aromatic carbocycles. The van der Waals surface area contributed by atoms with Crippen LogP contribution in [0.1, 0.15) is 64.7 Å². The molecular formula is C39H44O13. The molecule has 13 nitrogen and oxygen atoms in total. The van der Waals surface area contributed by atoms with E-state index >= 15 is 4.79 Å². The fraction of sp³-hybridized carbons (Fsp3) is 0.513. The van der Waals surface area contributed by atoms with E-state index < -0.39 is 100 Å². The van der Waals surface area contributed by atoms with Gasteiger partial charge >= 0.3 is 23.9 Å². The van der Waals surface area contributed by atoms with Gasteiger partial charge in [-0.1, -0.05) is 57.2 Å². The minimum atomic E-state index is -2.20. The van der Waals surface area contributed by atoms with Gasteiger partial charge in [-0.15, -0.1) is 0 Å². The van der Waals surface area contributed by atoms with Crippen molar-refractivity contribution in [2.75, 3.05) is 13.2 Å². The lowest BCUT2D eigenvalue weighted by atomic mass is 9.45. The number of Topliss-reactive ketones (excluding diaryl/α,β-unsaturated/α-hetero) is 1. The maximum Gasteiger partial charge on any atom is 0.344 e. The number of allylic oxidation sites excluding steroid dienone is 1. The third-order valence-corrected chi connectivity index (χ3v) is 11.5. The van der Waals surface area contributed by atoms with E-state index in [2.05, 4.69) is 0 Å². The van der Waals surface area contributed by atoms with Gasteiger partial charge in [-0.2, -0.15) is 0 Å². The Balaban J connectivity index is 1.60. The molecule has 2 saturated carbocycles. The molecule has 0 spiro atoms. The summed E-state index contributed by atoms with van der Waals surface area (Å²) in [5, 5.41) is 24.7. The van der Waals surface area contributed by atoms with Crippen LogP contribution in [-0.4, -0.2) is 88.7 Å². The number of para-hydroxylation sites is 1. The Morgan fingerprint density at radius 2 is 1.56 bits per heavy atom. The van der Waals surface area contributed by atoms with Crippen molar-refractivity contribution >= 4 is 29.7 Å². The first-order chi connectivity index (χ1) is 24.5. The summed E-state index contributed by atoms with van der Waals surface area (Å²) in [5.74, 6) is -6.52. The lowest BCUT2D eigenvalue weighted by Gasteiger charge is -2.67. The van der Waals surface area contributed by atoms with E-state index in [1.54, 1.807) is 69.3 Å². The number of carbonyl (C=O) groups excluding carboxylic acids is 5. The summed E-state index contributed by atoms with van der Waals surface area (Å²) in [7, 11) is 0. The minimum Gasteiger partial charge on any atom is -0.482 e. The van der Waals surface area contributed by atoms with Gasteiger partial charge < -0.3 is 38.6 Å². The van der Waals surface area contributed by atoms with Gasteiger partial charge in [-0.25, -0.2) is 9.59 Å². The maximum absolute atomic E-state index is 15.5. The number of aliphatic hydroxyl groups excluding tert-OH is 1. The Morgan fingerprint density at radius 3 is 2.13 bits per heavy atom. The van der Waals surface area contributed by atoms with Crippen LogP contribution in [0.3, 0.4) is 0 Å². The van der Waals surface area contributed by atoms with Crippen molar-refractivity contribution in [2.24, 2.45) is 22.7 Å². The number of esters is 4. The van der Waals surface area contributed by atoms with Crippen molar-refractivity contribution in [3.63, 3.8) is 0 Å². The minimum absolute atomic E-state index is 0.111. The normalized spacial score (nSPS) is 34.6. The van der Waals surface area contributed by atoms with Crippen molar-refractivity contribution < 1.29 is 62.6 Å². The van der Waals surface area contributed by atoms with Crippen molar-refractivity contribution in [3.8, 4) is 5.75 Å². The highest BCUT2D eigenvalue weighted by Crippen LogP contribution is 2.65. The van der Waals surface area contributed by atoms with Crippen LogP contribution in [0.25, 0.3) is 0 Å². The van der Waals surface area contributed by atoms with Crippen LogP contribution in [-0.2, 0) is 42.9 Å². The molecule has 0 radical (unpaired) electrons. The second-order valence-corrected chi connectivity index (χ2v) is 14.9. The summed E-state index contributed by atoms with van der Waals surface area (Å²) in [4.78, 5) is 68.7. The number of rotatable bonds is 8. The third-order valence-electron chi connectivity index (χ3n) is 11.5. The average Bonchev–Trinajstić information content (AvgIpc) is 3.09. The average molecular weight is 721 g/mol. The van der Waals surface area contributed by atoms with Crippen LogP contribution >= 0.6 is 0 Å². The van der Waals surface area contributed by atoms with Gasteiger partial charge in [0.1, 0.15) is 29.7 Å². The van der Waals surface area contributed by atoms with Crippen LogP contribution in [0.4, 0.5) is 0 Å². The Labute approximate surface area is 301 Å². The van der Waals surface area contributed by atoms with Gasteiger partial charge in [0, 0.05) is 38.0 Å². The molecule has 1 aliphatic heterocycles. The van der Waals surface area contributed by atoms with Gasteiger partial charge in [-0.3, -0.25) is 14.4 Å². The van der Waals surface area contributed by atoms with Crippen molar-refractivity contribution in [1.82, 2.24) is 0 Å². The van der Waals surface area contributed by atoms with Crippen molar-refractivity contribution in [3.05, 3.63) is 77.6 Å². The molecule has 9 atom stereocenters. The topological polar surface area (TPSA) is 181 Å². The highest BCUT2D eigenvalue weighted by Gasteiger charge is 2.78. The summed E-state index contributed by atoms with van der Waals surface area (Å²) in [6, 6.07) is 16.5. The molecule has 6 rings (SSSR count). The van der Waals surface area contributed by atoms with Crippen LogP contribution in [0.2, 0.25) is 0 Å². The van der Waals surface area contributed by atoms with Gasteiger partial charge in [0.25, 0.3) is 0 Å². The number of fused-ring (bicyclic) bond motifs is 5. The van der Waals surface area contributed by atoms with E-state index in [0.717, 1.165) is 6.92 Å². The molecule has 1 heterocycles. The Kier molecular flexibility index (Phi) is 9.60. The first kappa shape index (κ1) is 37.2. The van der Waals surface area contributed by atoms with E-state index in [4.69, 9.17) is 28.4 Å². The molecule has 2 bridgehead atoms. The van der Waals surface area contributed by atoms with E-state index in [-0.39, 0.29) is 30.6 Å². The molecule has 1 saturated heterocycles. The van der Waals surface area contributed by atoms with Crippen LogP contribution in [0.15, 0.2) is 72.0 Å². The maximum atomic E-state index is 15.5. The molecular weight excluding hydrogens is 676 g/mol. The van der Waals surface area contributed by atoms with Gasteiger partial charge in [0.05, 0.1) is 29.6 Å². The predicted octanol–water partition coefficient (Wildman–Crippen LogP) is 3.49. The van der Waals surface area contributed by atoms with Crippen LogP contribution < -0.4 is 4.74 Å².